The van der Waals surface area contributed by atoms with Gasteiger partial charge in [-0.1, -0.05) is 18.2 Å². The summed E-state index contributed by atoms with van der Waals surface area (Å²) in [6, 6.07) is 11.9. The maximum absolute atomic E-state index is 13.2. The third-order valence-corrected chi connectivity index (χ3v) is 5.45. The van der Waals surface area contributed by atoms with Crippen molar-refractivity contribution >= 4 is 17.4 Å². The maximum atomic E-state index is 13.2. The highest BCUT2D eigenvalue weighted by Gasteiger charge is 2.27. The normalized spacial score (nSPS) is 20.0. The van der Waals surface area contributed by atoms with Gasteiger partial charge in [-0.2, -0.15) is 0 Å². The lowest BCUT2D eigenvalue weighted by Gasteiger charge is -2.30. The Morgan fingerprint density at radius 2 is 2.12 bits per heavy atom. The summed E-state index contributed by atoms with van der Waals surface area (Å²) in [4.78, 5) is 21.9. The third kappa shape index (κ3) is 3.44. The van der Waals surface area contributed by atoms with Crippen molar-refractivity contribution in [2.75, 3.05) is 43.4 Å². The standard InChI is InChI=1S/C21H26N4O/c1-24-12-5-6-16(15-24)14-23-20-18(8-4-11-22-20)21(26)25-13-10-17-7-2-3-9-19(17)25/h2-4,7-9,11,16H,5-6,10,12-15H2,1H3,(H,22,23). The number of hydrogen-bond acceptors (Lipinski definition) is 4. The summed E-state index contributed by atoms with van der Waals surface area (Å²) in [5, 5.41) is 3.45. The topological polar surface area (TPSA) is 48.5 Å². The number of anilines is 2. The van der Waals surface area contributed by atoms with Gasteiger partial charge in [0.25, 0.3) is 5.91 Å². The minimum absolute atomic E-state index is 0.0336. The van der Waals surface area contributed by atoms with Gasteiger partial charge in [0, 0.05) is 31.5 Å². The van der Waals surface area contributed by atoms with E-state index < -0.39 is 0 Å². The van der Waals surface area contributed by atoms with Gasteiger partial charge < -0.3 is 15.1 Å². The second-order valence-corrected chi connectivity index (χ2v) is 7.39. The molecule has 1 unspecified atom stereocenters. The molecule has 0 aliphatic carbocycles. The van der Waals surface area contributed by atoms with Crippen LogP contribution in [0.15, 0.2) is 42.6 Å². The van der Waals surface area contributed by atoms with Crippen LogP contribution in [0.3, 0.4) is 0 Å². The van der Waals surface area contributed by atoms with E-state index in [1.807, 2.05) is 35.2 Å². The molecule has 0 radical (unpaired) electrons. The van der Waals surface area contributed by atoms with Crippen LogP contribution in [-0.4, -0.2) is 49.0 Å². The van der Waals surface area contributed by atoms with Crippen molar-refractivity contribution in [1.82, 2.24) is 9.88 Å². The maximum Gasteiger partial charge on any atom is 0.262 e. The Kier molecular flexibility index (Phi) is 4.89. The van der Waals surface area contributed by atoms with Crippen LogP contribution in [0.4, 0.5) is 11.5 Å². The van der Waals surface area contributed by atoms with E-state index in [-0.39, 0.29) is 5.91 Å². The Bertz CT molecular complexity index is 791. The molecule has 2 aliphatic rings. The van der Waals surface area contributed by atoms with Crippen LogP contribution < -0.4 is 10.2 Å². The fourth-order valence-corrected chi connectivity index (χ4v) is 4.09. The number of para-hydroxylation sites is 1. The summed E-state index contributed by atoms with van der Waals surface area (Å²) in [5.41, 5.74) is 2.93. The van der Waals surface area contributed by atoms with Gasteiger partial charge in [-0.3, -0.25) is 4.79 Å². The number of nitrogens with one attached hydrogen (secondary N) is 1. The van der Waals surface area contributed by atoms with E-state index in [4.69, 9.17) is 0 Å². The van der Waals surface area contributed by atoms with Gasteiger partial charge in [0.05, 0.1) is 5.56 Å². The molecule has 1 N–H and O–H groups in total. The smallest absolute Gasteiger partial charge is 0.262 e. The van der Waals surface area contributed by atoms with Crippen LogP contribution in [0.25, 0.3) is 0 Å². The van der Waals surface area contributed by atoms with Gasteiger partial charge in [-0.25, -0.2) is 4.98 Å². The van der Waals surface area contributed by atoms with Gasteiger partial charge >= 0.3 is 0 Å². The van der Waals surface area contributed by atoms with Crippen molar-refractivity contribution < 1.29 is 4.79 Å². The molecule has 1 atom stereocenters. The molecule has 4 rings (SSSR count). The number of carbonyl (C=O) groups is 1. The Morgan fingerprint density at radius 3 is 3.00 bits per heavy atom. The molecule has 2 aromatic rings. The number of pyridine rings is 1. The van der Waals surface area contributed by atoms with Gasteiger partial charge in [0.15, 0.2) is 0 Å². The predicted molar refractivity (Wildman–Crippen MR) is 105 cm³/mol. The van der Waals surface area contributed by atoms with Gasteiger partial charge in [0.1, 0.15) is 5.82 Å². The Morgan fingerprint density at radius 1 is 1.23 bits per heavy atom. The zero-order valence-corrected chi connectivity index (χ0v) is 15.3. The van der Waals surface area contributed by atoms with Gasteiger partial charge in [-0.05, 0) is 62.5 Å². The van der Waals surface area contributed by atoms with E-state index in [1.165, 1.54) is 24.9 Å². The number of aromatic nitrogens is 1. The summed E-state index contributed by atoms with van der Waals surface area (Å²) in [5.74, 6) is 1.34. The Hall–Kier alpha value is -2.40. The minimum Gasteiger partial charge on any atom is -0.369 e. The summed E-state index contributed by atoms with van der Waals surface area (Å²) in [6.45, 7) is 3.87. The molecule has 0 spiro atoms. The molecule has 136 valence electrons. The molecule has 0 bridgehead atoms. The van der Waals surface area contributed by atoms with E-state index in [0.29, 0.717) is 17.3 Å². The number of hydrogen-bond donors (Lipinski definition) is 1. The first kappa shape index (κ1) is 17.0. The SMILES string of the molecule is CN1CCCC(CNc2ncccc2C(=O)N2CCc3ccccc32)C1. The van der Waals surface area contributed by atoms with Crippen LogP contribution >= 0.6 is 0 Å². The van der Waals surface area contributed by atoms with E-state index in [1.54, 1.807) is 6.20 Å². The molecule has 1 amide bonds. The quantitative estimate of drug-likeness (QED) is 0.921. The zero-order valence-electron chi connectivity index (χ0n) is 15.3. The molecule has 1 aromatic heterocycles. The number of rotatable bonds is 4. The summed E-state index contributed by atoms with van der Waals surface area (Å²) < 4.78 is 0. The number of fused-ring (bicyclic) bond motifs is 1. The highest BCUT2D eigenvalue weighted by molar-refractivity contribution is 6.10. The number of likely N-dealkylation sites (tertiary alicyclic amines) is 1. The number of benzene rings is 1. The van der Waals surface area contributed by atoms with Crippen LogP contribution in [0, 0.1) is 5.92 Å². The first-order chi connectivity index (χ1) is 12.7. The van der Waals surface area contributed by atoms with Crippen LogP contribution in [0.2, 0.25) is 0 Å². The largest absolute Gasteiger partial charge is 0.369 e. The summed E-state index contributed by atoms with van der Waals surface area (Å²) >= 11 is 0. The van der Waals surface area contributed by atoms with Crippen LogP contribution in [-0.2, 0) is 6.42 Å². The number of piperidine rings is 1. The van der Waals surface area contributed by atoms with Crippen molar-refractivity contribution in [3.63, 3.8) is 0 Å². The van der Waals surface area contributed by atoms with Crippen molar-refractivity contribution in [3.8, 4) is 0 Å². The van der Waals surface area contributed by atoms with Crippen molar-refractivity contribution in [2.45, 2.75) is 19.3 Å². The summed E-state index contributed by atoms with van der Waals surface area (Å²) in [7, 11) is 2.17. The predicted octanol–water partition coefficient (Wildman–Crippen LogP) is 3.04. The number of carbonyl (C=O) groups excluding carboxylic acids is 1. The second kappa shape index (κ2) is 7.46. The molecule has 26 heavy (non-hydrogen) atoms. The Balaban J connectivity index is 1.50. The molecular formula is C21H26N4O. The second-order valence-electron chi connectivity index (χ2n) is 7.39. The van der Waals surface area contributed by atoms with Crippen molar-refractivity contribution in [1.29, 1.82) is 0 Å². The molecule has 5 nitrogen and oxygen atoms in total. The highest BCUT2D eigenvalue weighted by Crippen LogP contribution is 2.30. The third-order valence-electron chi connectivity index (χ3n) is 5.45. The van der Waals surface area contributed by atoms with Crippen molar-refractivity contribution in [2.24, 2.45) is 5.92 Å². The molecule has 1 aromatic carbocycles. The molecule has 0 saturated carbocycles. The molecule has 1 saturated heterocycles. The Labute approximate surface area is 155 Å². The van der Waals surface area contributed by atoms with Crippen LogP contribution in [0.5, 0.6) is 0 Å². The van der Waals surface area contributed by atoms with E-state index >= 15 is 0 Å². The molecule has 5 heteroatoms. The molecule has 2 aliphatic heterocycles. The first-order valence-corrected chi connectivity index (χ1v) is 9.49. The van der Waals surface area contributed by atoms with E-state index in [9.17, 15) is 4.79 Å². The highest BCUT2D eigenvalue weighted by atomic mass is 16.2. The lowest BCUT2D eigenvalue weighted by Crippen LogP contribution is -2.35. The van der Waals surface area contributed by atoms with E-state index in [2.05, 4.69) is 28.3 Å². The minimum atomic E-state index is 0.0336. The fraction of sp³-hybridized carbons (Fsp3) is 0.429. The lowest BCUT2D eigenvalue weighted by molar-refractivity contribution is 0.0990. The average molecular weight is 350 g/mol. The summed E-state index contributed by atoms with van der Waals surface area (Å²) in [6.07, 6.45) is 5.14. The van der Waals surface area contributed by atoms with Crippen molar-refractivity contribution in [3.05, 3.63) is 53.7 Å². The monoisotopic (exact) mass is 350 g/mol. The molecular weight excluding hydrogens is 324 g/mol. The van der Waals surface area contributed by atoms with Crippen LogP contribution in [0.1, 0.15) is 28.8 Å². The van der Waals surface area contributed by atoms with Gasteiger partial charge in [0.2, 0.25) is 0 Å². The first-order valence-electron chi connectivity index (χ1n) is 9.49. The molecule has 1 fully saturated rings. The number of amides is 1. The molecule has 3 heterocycles. The average Bonchev–Trinajstić information content (AvgIpc) is 3.10. The zero-order chi connectivity index (χ0) is 17.9. The number of nitrogens with zero attached hydrogens (tertiary/aromatic N) is 3. The van der Waals surface area contributed by atoms with E-state index in [0.717, 1.165) is 31.7 Å². The lowest BCUT2D eigenvalue weighted by atomic mass is 9.98. The fourth-order valence-electron chi connectivity index (χ4n) is 4.09. The van der Waals surface area contributed by atoms with Gasteiger partial charge in [-0.15, -0.1) is 0 Å².